The predicted octanol–water partition coefficient (Wildman–Crippen LogP) is 2.57. The quantitative estimate of drug-likeness (QED) is 0.850. The third kappa shape index (κ3) is 3.50. The first-order chi connectivity index (χ1) is 9.43. The molecular weight excluding hydrogens is 252 g/mol. The van der Waals surface area contributed by atoms with Crippen LogP contribution in [-0.4, -0.2) is 36.8 Å². The van der Waals surface area contributed by atoms with Gasteiger partial charge in [-0.25, -0.2) is 0 Å². The summed E-state index contributed by atoms with van der Waals surface area (Å²) in [6.07, 6.45) is 0.229. The van der Waals surface area contributed by atoms with E-state index in [1.807, 2.05) is 18.2 Å². The fourth-order valence-electron chi connectivity index (χ4n) is 2.91. The molecular formula is C16H22N2O2. The number of benzene rings is 1. The lowest BCUT2D eigenvalue weighted by Crippen LogP contribution is -2.51. The van der Waals surface area contributed by atoms with Gasteiger partial charge in [0.2, 0.25) is 0 Å². The lowest BCUT2D eigenvalue weighted by Gasteiger charge is -2.41. The van der Waals surface area contributed by atoms with Crippen molar-refractivity contribution in [3.8, 4) is 11.8 Å². The third-order valence-electron chi connectivity index (χ3n) is 3.43. The van der Waals surface area contributed by atoms with Gasteiger partial charge in [0.25, 0.3) is 0 Å². The summed E-state index contributed by atoms with van der Waals surface area (Å²) >= 11 is 0. The average molecular weight is 274 g/mol. The molecule has 2 rings (SSSR count). The van der Waals surface area contributed by atoms with Crippen LogP contribution in [0.1, 0.15) is 31.9 Å². The van der Waals surface area contributed by atoms with Gasteiger partial charge in [0.15, 0.2) is 0 Å². The van der Waals surface area contributed by atoms with Crippen LogP contribution in [0.25, 0.3) is 0 Å². The first-order valence-electron chi connectivity index (χ1n) is 6.91. The summed E-state index contributed by atoms with van der Waals surface area (Å²) in [4.78, 5) is 2.37. The van der Waals surface area contributed by atoms with Gasteiger partial charge >= 0.3 is 0 Å². The first-order valence-corrected chi connectivity index (χ1v) is 6.91. The molecule has 20 heavy (non-hydrogen) atoms. The molecule has 1 atom stereocenters. The number of hydrogen-bond donors (Lipinski definition) is 0. The van der Waals surface area contributed by atoms with Gasteiger partial charge in [-0.15, -0.1) is 0 Å². The molecule has 0 amide bonds. The topological polar surface area (TPSA) is 45.5 Å². The average Bonchev–Trinajstić information content (AvgIpc) is 2.36. The third-order valence-corrected chi connectivity index (χ3v) is 3.43. The molecule has 0 aliphatic carbocycles. The van der Waals surface area contributed by atoms with Gasteiger partial charge < -0.3 is 9.47 Å². The maximum Gasteiger partial charge on any atom is 0.136 e. The fourth-order valence-corrected chi connectivity index (χ4v) is 2.91. The van der Waals surface area contributed by atoms with E-state index in [9.17, 15) is 0 Å². The van der Waals surface area contributed by atoms with E-state index in [1.165, 1.54) is 0 Å². The minimum atomic E-state index is -0.123. The Kier molecular flexibility index (Phi) is 4.32. The van der Waals surface area contributed by atoms with Crippen LogP contribution in [0, 0.1) is 11.3 Å². The lowest BCUT2D eigenvalue weighted by molar-refractivity contribution is -0.130. The van der Waals surface area contributed by atoms with Gasteiger partial charge in [-0.1, -0.05) is 6.07 Å². The van der Waals surface area contributed by atoms with E-state index in [1.54, 1.807) is 7.11 Å². The number of nitriles is 1. The molecule has 1 saturated heterocycles. The number of ether oxygens (including phenoxy) is 2. The van der Waals surface area contributed by atoms with E-state index in [4.69, 9.17) is 14.7 Å². The van der Waals surface area contributed by atoms with Crippen LogP contribution in [0.15, 0.2) is 18.2 Å². The summed E-state index contributed by atoms with van der Waals surface area (Å²) in [6.45, 7) is 8.97. The Hall–Kier alpha value is -1.57. The predicted molar refractivity (Wildman–Crippen MR) is 77.6 cm³/mol. The summed E-state index contributed by atoms with van der Waals surface area (Å²) in [5.74, 6) is 0.631. The summed E-state index contributed by atoms with van der Waals surface area (Å²) in [5.41, 5.74) is 1.60. The monoisotopic (exact) mass is 274 g/mol. The van der Waals surface area contributed by atoms with Crippen molar-refractivity contribution in [2.75, 3.05) is 20.2 Å². The minimum Gasteiger partial charge on any atom is -0.495 e. The molecule has 1 aliphatic rings. The number of methoxy groups -OCH3 is 1. The van der Waals surface area contributed by atoms with Crippen LogP contribution in [0.2, 0.25) is 0 Å². The second kappa shape index (κ2) is 5.82. The van der Waals surface area contributed by atoms with Crippen molar-refractivity contribution in [2.45, 2.75) is 39.0 Å². The van der Waals surface area contributed by atoms with Crippen molar-refractivity contribution in [3.05, 3.63) is 29.3 Å². The largest absolute Gasteiger partial charge is 0.495 e. The van der Waals surface area contributed by atoms with Gasteiger partial charge in [-0.2, -0.15) is 5.26 Å². The molecule has 0 bridgehead atoms. The summed E-state index contributed by atoms with van der Waals surface area (Å²) in [5, 5.41) is 9.14. The van der Waals surface area contributed by atoms with Crippen molar-refractivity contribution in [3.63, 3.8) is 0 Å². The highest BCUT2D eigenvalue weighted by Gasteiger charge is 2.31. The van der Waals surface area contributed by atoms with Crippen LogP contribution >= 0.6 is 0 Å². The van der Waals surface area contributed by atoms with Crippen molar-refractivity contribution >= 4 is 0 Å². The first kappa shape index (κ1) is 14.8. The van der Waals surface area contributed by atoms with E-state index in [-0.39, 0.29) is 11.7 Å². The second-order valence-corrected chi connectivity index (χ2v) is 6.00. The number of hydrogen-bond acceptors (Lipinski definition) is 4. The molecule has 0 aromatic heterocycles. The maximum atomic E-state index is 9.14. The molecule has 1 heterocycles. The van der Waals surface area contributed by atoms with E-state index in [2.05, 4.69) is 31.7 Å². The van der Waals surface area contributed by atoms with Gasteiger partial charge in [-0.3, -0.25) is 4.90 Å². The Morgan fingerprint density at radius 1 is 1.50 bits per heavy atom. The van der Waals surface area contributed by atoms with Crippen LogP contribution in [0.4, 0.5) is 0 Å². The zero-order valence-corrected chi connectivity index (χ0v) is 12.6. The normalized spacial score (nSPS) is 22.2. The van der Waals surface area contributed by atoms with E-state index < -0.39 is 0 Å². The molecule has 0 spiro atoms. The standard InChI is InChI=1S/C16H22N2O2/c1-12-9-18(11-16(2,3)20-12)10-13-5-6-15(19-4)14(7-13)8-17/h5-7,12H,9-11H2,1-4H3. The highest BCUT2D eigenvalue weighted by molar-refractivity contribution is 5.45. The molecule has 4 nitrogen and oxygen atoms in total. The highest BCUT2D eigenvalue weighted by Crippen LogP contribution is 2.24. The Bertz CT molecular complexity index is 520. The smallest absolute Gasteiger partial charge is 0.136 e. The zero-order valence-electron chi connectivity index (χ0n) is 12.6. The van der Waals surface area contributed by atoms with Gasteiger partial charge in [0, 0.05) is 19.6 Å². The molecule has 0 saturated carbocycles. The molecule has 1 aromatic carbocycles. The van der Waals surface area contributed by atoms with Crippen molar-refractivity contribution in [1.82, 2.24) is 4.90 Å². The van der Waals surface area contributed by atoms with Crippen molar-refractivity contribution < 1.29 is 9.47 Å². The van der Waals surface area contributed by atoms with Crippen LogP contribution < -0.4 is 4.74 Å². The molecule has 108 valence electrons. The maximum absolute atomic E-state index is 9.14. The SMILES string of the molecule is COc1ccc(CN2CC(C)OC(C)(C)C2)cc1C#N. The Morgan fingerprint density at radius 3 is 2.85 bits per heavy atom. The van der Waals surface area contributed by atoms with Crippen LogP contribution in [-0.2, 0) is 11.3 Å². The molecule has 1 fully saturated rings. The Labute approximate surface area is 120 Å². The molecule has 1 unspecified atom stereocenters. The van der Waals surface area contributed by atoms with E-state index in [0.717, 1.165) is 25.2 Å². The summed E-state index contributed by atoms with van der Waals surface area (Å²) in [6, 6.07) is 7.97. The Morgan fingerprint density at radius 2 is 2.25 bits per heavy atom. The lowest BCUT2D eigenvalue weighted by atomic mass is 10.0. The van der Waals surface area contributed by atoms with Crippen molar-refractivity contribution in [2.24, 2.45) is 0 Å². The van der Waals surface area contributed by atoms with Gasteiger partial charge in [0.05, 0.1) is 24.4 Å². The number of rotatable bonds is 3. The molecule has 0 N–H and O–H groups in total. The molecule has 4 heteroatoms. The second-order valence-electron chi connectivity index (χ2n) is 6.00. The minimum absolute atomic E-state index is 0.123. The molecule has 1 aliphatic heterocycles. The van der Waals surface area contributed by atoms with Crippen molar-refractivity contribution in [1.29, 1.82) is 5.26 Å². The Balaban J connectivity index is 2.12. The molecule has 1 aromatic rings. The van der Waals surface area contributed by atoms with Gasteiger partial charge in [0.1, 0.15) is 11.8 Å². The van der Waals surface area contributed by atoms with Gasteiger partial charge in [-0.05, 0) is 38.5 Å². The molecule has 0 radical (unpaired) electrons. The van der Waals surface area contributed by atoms with E-state index in [0.29, 0.717) is 11.3 Å². The fraction of sp³-hybridized carbons (Fsp3) is 0.562. The van der Waals surface area contributed by atoms with E-state index >= 15 is 0 Å². The number of nitrogens with zero attached hydrogens (tertiary/aromatic N) is 2. The number of morpholine rings is 1. The van der Waals surface area contributed by atoms with Crippen LogP contribution in [0.5, 0.6) is 5.75 Å². The highest BCUT2D eigenvalue weighted by atomic mass is 16.5. The summed E-state index contributed by atoms with van der Waals surface area (Å²) < 4.78 is 11.1. The van der Waals surface area contributed by atoms with Crippen LogP contribution in [0.3, 0.4) is 0 Å². The zero-order chi connectivity index (χ0) is 14.8. The summed E-state index contributed by atoms with van der Waals surface area (Å²) in [7, 11) is 1.59.